The van der Waals surface area contributed by atoms with Crippen LogP contribution in [0.3, 0.4) is 0 Å². The molecule has 0 saturated carbocycles. The minimum atomic E-state index is -0.663. The lowest BCUT2D eigenvalue weighted by Crippen LogP contribution is -2.36. The fourth-order valence-corrected chi connectivity index (χ4v) is 3.01. The molecule has 8 heteroatoms. The molecule has 0 radical (unpaired) electrons. The highest BCUT2D eigenvalue weighted by atomic mass is 16.5. The molecular formula is C20H15N5O3. The molecule has 138 valence electrons. The third-order valence-corrected chi connectivity index (χ3v) is 4.37. The summed E-state index contributed by atoms with van der Waals surface area (Å²) < 4.78 is 6.79. The van der Waals surface area contributed by atoms with Gasteiger partial charge in [-0.1, -0.05) is 12.1 Å². The maximum Gasteiger partial charge on any atom is 0.316 e. The van der Waals surface area contributed by atoms with E-state index in [4.69, 9.17) is 9.78 Å². The number of nitrogens with one attached hydrogen (secondary N) is 1. The predicted octanol–water partition coefficient (Wildman–Crippen LogP) is 2.69. The molecule has 2 aromatic carbocycles. The van der Waals surface area contributed by atoms with E-state index in [1.807, 2.05) is 6.92 Å². The molecule has 0 aliphatic rings. The SMILES string of the molecule is CCCn1c(=O)c(=O)[nH]c2cc(-c3noc(-c4ccc(C#N)cc4)n3)ccc21. The third-order valence-electron chi connectivity index (χ3n) is 4.37. The van der Waals surface area contributed by atoms with Crippen molar-refractivity contribution in [2.24, 2.45) is 0 Å². The van der Waals surface area contributed by atoms with Gasteiger partial charge in [-0.15, -0.1) is 0 Å². The molecule has 8 nitrogen and oxygen atoms in total. The Balaban J connectivity index is 1.77. The van der Waals surface area contributed by atoms with Crippen LogP contribution in [0.1, 0.15) is 18.9 Å². The number of aromatic nitrogens is 4. The summed E-state index contributed by atoms with van der Waals surface area (Å²) in [5.74, 6) is 0.680. The second-order valence-electron chi connectivity index (χ2n) is 6.26. The first kappa shape index (κ1) is 17.4. The Morgan fingerprint density at radius 2 is 1.89 bits per heavy atom. The second-order valence-corrected chi connectivity index (χ2v) is 6.26. The van der Waals surface area contributed by atoms with Gasteiger partial charge < -0.3 is 14.1 Å². The van der Waals surface area contributed by atoms with Gasteiger partial charge in [0.05, 0.1) is 22.7 Å². The number of hydrogen-bond acceptors (Lipinski definition) is 6. The Morgan fingerprint density at radius 3 is 2.61 bits per heavy atom. The molecule has 4 rings (SSSR count). The van der Waals surface area contributed by atoms with Crippen molar-refractivity contribution in [3.63, 3.8) is 0 Å². The number of H-pyrrole nitrogens is 1. The van der Waals surface area contributed by atoms with E-state index in [1.54, 1.807) is 42.5 Å². The van der Waals surface area contributed by atoms with Gasteiger partial charge >= 0.3 is 11.1 Å². The van der Waals surface area contributed by atoms with Crippen LogP contribution in [-0.2, 0) is 6.54 Å². The lowest BCUT2D eigenvalue weighted by atomic mass is 10.1. The molecule has 4 aromatic rings. The molecule has 28 heavy (non-hydrogen) atoms. The summed E-state index contributed by atoms with van der Waals surface area (Å²) >= 11 is 0. The van der Waals surface area contributed by atoms with Crippen LogP contribution >= 0.6 is 0 Å². The summed E-state index contributed by atoms with van der Waals surface area (Å²) in [6, 6.07) is 14.1. The van der Waals surface area contributed by atoms with E-state index < -0.39 is 11.1 Å². The highest BCUT2D eigenvalue weighted by molar-refractivity contribution is 5.80. The number of nitrogens with zero attached hydrogens (tertiary/aromatic N) is 4. The van der Waals surface area contributed by atoms with E-state index in [-0.39, 0.29) is 0 Å². The fourth-order valence-electron chi connectivity index (χ4n) is 3.01. The van der Waals surface area contributed by atoms with Crippen LogP contribution in [0.4, 0.5) is 0 Å². The smallest absolute Gasteiger partial charge is 0.316 e. The van der Waals surface area contributed by atoms with Crippen molar-refractivity contribution in [1.82, 2.24) is 19.7 Å². The molecule has 2 heterocycles. The number of hydrogen-bond donors (Lipinski definition) is 1. The monoisotopic (exact) mass is 373 g/mol. The normalized spacial score (nSPS) is 10.9. The topological polar surface area (TPSA) is 118 Å². The Bertz CT molecular complexity index is 1320. The number of benzene rings is 2. The summed E-state index contributed by atoms with van der Waals surface area (Å²) in [6.07, 6.45) is 0.735. The molecule has 0 saturated heterocycles. The predicted molar refractivity (Wildman–Crippen MR) is 103 cm³/mol. The molecule has 0 unspecified atom stereocenters. The van der Waals surface area contributed by atoms with Crippen LogP contribution < -0.4 is 11.1 Å². The third kappa shape index (κ3) is 2.99. The average molecular weight is 373 g/mol. The minimum absolute atomic E-state index is 0.323. The lowest BCUT2D eigenvalue weighted by molar-refractivity contribution is 0.432. The van der Waals surface area contributed by atoms with Gasteiger partial charge in [-0.2, -0.15) is 10.2 Å². The van der Waals surface area contributed by atoms with E-state index in [1.165, 1.54) is 4.57 Å². The quantitative estimate of drug-likeness (QED) is 0.550. The number of fused-ring (bicyclic) bond motifs is 1. The van der Waals surface area contributed by atoms with Gasteiger partial charge in [0, 0.05) is 17.7 Å². The number of aryl methyl sites for hydroxylation is 1. The van der Waals surface area contributed by atoms with Gasteiger partial charge in [-0.3, -0.25) is 9.59 Å². The van der Waals surface area contributed by atoms with Crippen LogP contribution in [0.2, 0.25) is 0 Å². The zero-order chi connectivity index (χ0) is 19.7. The van der Waals surface area contributed by atoms with Crippen molar-refractivity contribution >= 4 is 11.0 Å². The standard InChI is InChI=1S/C20H15N5O3/c1-2-9-25-16-8-7-14(10-15(16)22-18(26)20(25)27)17-23-19(28-24-17)13-5-3-12(11-21)4-6-13/h3-8,10H,2,9H2,1H3,(H,22,26). The number of aromatic amines is 1. The summed E-state index contributed by atoms with van der Waals surface area (Å²) in [7, 11) is 0. The van der Waals surface area contributed by atoms with Crippen LogP contribution in [0, 0.1) is 11.3 Å². The van der Waals surface area contributed by atoms with Crippen molar-refractivity contribution in [2.45, 2.75) is 19.9 Å². The molecule has 0 amide bonds. The molecule has 1 N–H and O–H groups in total. The minimum Gasteiger partial charge on any atom is -0.334 e. The summed E-state index contributed by atoms with van der Waals surface area (Å²) in [5.41, 5.74) is 1.83. The number of nitriles is 1. The summed E-state index contributed by atoms with van der Waals surface area (Å²) in [6.45, 7) is 2.40. The summed E-state index contributed by atoms with van der Waals surface area (Å²) in [5, 5.41) is 12.9. The number of rotatable bonds is 4. The molecule has 2 aromatic heterocycles. The van der Waals surface area contributed by atoms with E-state index in [9.17, 15) is 9.59 Å². The van der Waals surface area contributed by atoms with Crippen LogP contribution in [-0.4, -0.2) is 19.7 Å². The van der Waals surface area contributed by atoms with E-state index in [2.05, 4.69) is 21.2 Å². The average Bonchev–Trinajstić information content (AvgIpc) is 3.21. The van der Waals surface area contributed by atoms with Crippen LogP contribution in [0.15, 0.2) is 56.6 Å². The first-order valence-corrected chi connectivity index (χ1v) is 8.72. The van der Waals surface area contributed by atoms with E-state index in [0.717, 1.165) is 6.42 Å². The Morgan fingerprint density at radius 1 is 1.14 bits per heavy atom. The first-order valence-electron chi connectivity index (χ1n) is 8.72. The van der Waals surface area contributed by atoms with Gasteiger partial charge in [-0.25, -0.2) is 0 Å². The van der Waals surface area contributed by atoms with Crippen molar-refractivity contribution in [3.05, 3.63) is 68.7 Å². The van der Waals surface area contributed by atoms with Crippen molar-refractivity contribution < 1.29 is 4.52 Å². The summed E-state index contributed by atoms with van der Waals surface area (Å²) in [4.78, 5) is 31.1. The van der Waals surface area contributed by atoms with Gasteiger partial charge in [0.25, 0.3) is 5.89 Å². The molecule has 0 aliphatic carbocycles. The zero-order valence-corrected chi connectivity index (χ0v) is 15.0. The maximum absolute atomic E-state index is 12.1. The van der Waals surface area contributed by atoms with E-state index >= 15 is 0 Å². The van der Waals surface area contributed by atoms with Crippen molar-refractivity contribution in [1.29, 1.82) is 5.26 Å². The van der Waals surface area contributed by atoms with Gasteiger partial charge in [0.2, 0.25) is 5.82 Å². The van der Waals surface area contributed by atoms with Gasteiger partial charge in [0.15, 0.2) is 0 Å². The van der Waals surface area contributed by atoms with Gasteiger partial charge in [-0.05, 0) is 48.9 Å². The molecule has 0 bridgehead atoms. The molecule has 0 atom stereocenters. The lowest BCUT2D eigenvalue weighted by Gasteiger charge is -2.08. The maximum atomic E-state index is 12.1. The molecule has 0 aliphatic heterocycles. The highest BCUT2D eigenvalue weighted by Crippen LogP contribution is 2.24. The molecule has 0 fully saturated rings. The molecule has 0 spiro atoms. The van der Waals surface area contributed by atoms with Crippen LogP contribution in [0.5, 0.6) is 0 Å². The first-order chi connectivity index (χ1) is 13.6. The molecular weight excluding hydrogens is 358 g/mol. The second kappa shape index (κ2) is 6.96. The zero-order valence-electron chi connectivity index (χ0n) is 15.0. The highest BCUT2D eigenvalue weighted by Gasteiger charge is 2.13. The Labute approximate surface area is 158 Å². The van der Waals surface area contributed by atoms with E-state index in [0.29, 0.717) is 46.0 Å². The Kier molecular flexibility index (Phi) is 4.33. The van der Waals surface area contributed by atoms with Gasteiger partial charge in [0.1, 0.15) is 0 Å². The largest absolute Gasteiger partial charge is 0.334 e. The Hall–Kier alpha value is -3.99. The fraction of sp³-hybridized carbons (Fsp3) is 0.150. The van der Waals surface area contributed by atoms with Crippen LogP contribution in [0.25, 0.3) is 33.9 Å². The van der Waals surface area contributed by atoms with Crippen molar-refractivity contribution in [3.8, 4) is 28.9 Å². The van der Waals surface area contributed by atoms with Crippen molar-refractivity contribution in [2.75, 3.05) is 0 Å².